The number of carbonyl (C=O) groups is 4. The molecule has 3 fully saturated rings. The van der Waals surface area contributed by atoms with Crippen molar-refractivity contribution in [2.24, 2.45) is 11.8 Å². The summed E-state index contributed by atoms with van der Waals surface area (Å²) in [5.74, 6) is -3.26. The Balaban J connectivity index is 1.70. The Labute approximate surface area is 274 Å². The lowest BCUT2D eigenvalue weighted by Crippen LogP contribution is -2.58. The van der Waals surface area contributed by atoms with Crippen LogP contribution in [0.1, 0.15) is 58.1 Å². The van der Waals surface area contributed by atoms with Crippen LogP contribution in [0, 0.1) is 11.8 Å². The maximum atomic E-state index is 14.3. The highest BCUT2D eigenvalue weighted by molar-refractivity contribution is 9.09. The van der Waals surface area contributed by atoms with Gasteiger partial charge >= 0.3 is 5.97 Å². The molecule has 3 aliphatic rings. The Hall–Kier alpha value is -3.02. The van der Waals surface area contributed by atoms with Crippen LogP contribution >= 0.6 is 15.9 Å². The van der Waals surface area contributed by atoms with Crippen molar-refractivity contribution >= 4 is 39.6 Å². The van der Waals surface area contributed by atoms with E-state index in [1.807, 2.05) is 51.1 Å². The van der Waals surface area contributed by atoms with Crippen LogP contribution in [-0.4, -0.2) is 105 Å². The Morgan fingerprint density at radius 2 is 1.89 bits per heavy atom. The second kappa shape index (κ2) is 14.6. The summed E-state index contributed by atoms with van der Waals surface area (Å²) in [7, 11) is 1.68. The van der Waals surface area contributed by atoms with Gasteiger partial charge in [-0.15, -0.1) is 13.2 Å². The van der Waals surface area contributed by atoms with Crippen LogP contribution < -0.4 is 0 Å². The van der Waals surface area contributed by atoms with Gasteiger partial charge in [-0.05, 0) is 45.6 Å². The number of aliphatic hydroxyl groups excluding tert-OH is 1. The van der Waals surface area contributed by atoms with Gasteiger partial charge in [0.15, 0.2) is 0 Å². The third kappa shape index (κ3) is 6.49. The molecule has 11 heteroatoms. The highest BCUT2D eigenvalue weighted by atomic mass is 79.9. The number of halogens is 1. The molecule has 0 aliphatic carbocycles. The van der Waals surface area contributed by atoms with Crippen LogP contribution in [0.2, 0.25) is 0 Å². The summed E-state index contributed by atoms with van der Waals surface area (Å²) in [6.07, 6.45) is 3.27. The number of amides is 3. The zero-order valence-corrected chi connectivity index (χ0v) is 28.2. The summed E-state index contributed by atoms with van der Waals surface area (Å²) in [4.78, 5) is 60.1. The Morgan fingerprint density at radius 3 is 2.49 bits per heavy atom. The number of hydrogen-bond donors (Lipinski definition) is 1. The molecule has 1 aromatic carbocycles. The van der Waals surface area contributed by atoms with Crippen LogP contribution in [0.15, 0.2) is 55.6 Å². The van der Waals surface area contributed by atoms with E-state index in [1.165, 1.54) is 4.90 Å². The second-order valence-electron chi connectivity index (χ2n) is 12.5. The minimum Gasteiger partial charge on any atom is -0.455 e. The van der Waals surface area contributed by atoms with Crippen molar-refractivity contribution in [1.29, 1.82) is 0 Å². The normalized spacial score (nSPS) is 28.0. The molecule has 0 aromatic heterocycles. The van der Waals surface area contributed by atoms with E-state index in [4.69, 9.17) is 9.47 Å². The highest BCUT2D eigenvalue weighted by Gasteiger charge is 2.77. The van der Waals surface area contributed by atoms with Gasteiger partial charge in [0.25, 0.3) is 0 Å². The maximum absolute atomic E-state index is 14.3. The smallest absolute Gasteiger partial charge is 0.313 e. The standard InChI is InChI=1S/C34H46BrN3O7/c1-7-9-16-25(40)36(6)22(5)28(23-14-11-10-12-15-23)44-33(43)26-27-31(41)38(18-13-19-39)30(32(42)37(17-8-2)21(3)4)34(27)20-24(35)29(26)45-34/h7-8,10-12,14-15,21-22,24,26-30,39H,1-2,9,13,16-20H2,3-6H3/t22-,24?,26+,27-,28+,29+,30+,34-/m1/s1. The number of likely N-dealkylation sites (N-methyl/N-ethyl adjacent to an activating group) is 1. The van der Waals surface area contributed by atoms with Crippen LogP contribution in [0.5, 0.6) is 0 Å². The van der Waals surface area contributed by atoms with Crippen molar-refractivity contribution in [3.63, 3.8) is 0 Å². The van der Waals surface area contributed by atoms with Crippen molar-refractivity contribution in [2.75, 3.05) is 26.7 Å². The second-order valence-corrected chi connectivity index (χ2v) is 13.7. The van der Waals surface area contributed by atoms with Gasteiger partial charge in [0, 0.05) is 44.0 Å². The molecule has 3 amide bonds. The molecule has 4 rings (SSSR count). The molecule has 1 spiro atoms. The molecular formula is C34H46BrN3O7. The predicted molar refractivity (Wildman–Crippen MR) is 173 cm³/mol. The molecule has 3 heterocycles. The van der Waals surface area contributed by atoms with Gasteiger partial charge in [0.2, 0.25) is 17.7 Å². The first-order chi connectivity index (χ1) is 21.4. The number of carbonyl (C=O) groups excluding carboxylic acids is 4. The van der Waals surface area contributed by atoms with Crippen LogP contribution in [0.25, 0.3) is 0 Å². The van der Waals surface area contributed by atoms with Gasteiger partial charge in [-0.3, -0.25) is 19.2 Å². The summed E-state index contributed by atoms with van der Waals surface area (Å²) < 4.78 is 12.9. The average Bonchev–Trinajstić information content (AvgIpc) is 3.62. The lowest BCUT2D eigenvalue weighted by Gasteiger charge is -2.38. The van der Waals surface area contributed by atoms with Gasteiger partial charge in [-0.1, -0.05) is 58.4 Å². The fraction of sp³-hybridized carbons (Fsp3) is 0.588. The number of alkyl halides is 1. The number of aliphatic hydroxyl groups is 1. The largest absolute Gasteiger partial charge is 0.455 e. The Kier molecular flexibility index (Phi) is 11.3. The molecule has 0 radical (unpaired) electrons. The molecule has 3 aliphatic heterocycles. The van der Waals surface area contributed by atoms with Gasteiger partial charge in [0.05, 0.1) is 24.0 Å². The van der Waals surface area contributed by atoms with E-state index < -0.39 is 47.7 Å². The first-order valence-corrected chi connectivity index (χ1v) is 16.6. The van der Waals surface area contributed by atoms with E-state index in [0.29, 0.717) is 18.4 Å². The van der Waals surface area contributed by atoms with E-state index in [1.54, 1.807) is 29.0 Å². The molecular weight excluding hydrogens is 642 g/mol. The molecule has 8 atom stereocenters. The quantitative estimate of drug-likeness (QED) is 0.170. The lowest BCUT2D eigenvalue weighted by molar-refractivity contribution is -0.164. The van der Waals surface area contributed by atoms with Crippen molar-refractivity contribution in [2.45, 2.75) is 87.2 Å². The number of likely N-dealkylation sites (tertiary alicyclic amines) is 1. The highest BCUT2D eigenvalue weighted by Crippen LogP contribution is 2.60. The topological polar surface area (TPSA) is 117 Å². The number of ether oxygens (including phenoxy) is 2. The molecule has 10 nitrogen and oxygen atoms in total. The fourth-order valence-electron chi connectivity index (χ4n) is 7.13. The number of rotatable bonds is 15. The van der Waals surface area contributed by atoms with Crippen LogP contribution in [0.4, 0.5) is 0 Å². The zero-order chi connectivity index (χ0) is 33.1. The number of allylic oxidation sites excluding steroid dienone is 1. The average molecular weight is 689 g/mol. The molecule has 1 N–H and O–H groups in total. The van der Waals surface area contributed by atoms with Crippen LogP contribution in [0.3, 0.4) is 0 Å². The minimum atomic E-state index is -1.24. The Morgan fingerprint density at radius 1 is 1.20 bits per heavy atom. The summed E-state index contributed by atoms with van der Waals surface area (Å²) in [6.45, 7) is 13.4. The zero-order valence-electron chi connectivity index (χ0n) is 26.6. The first kappa shape index (κ1) is 34.8. The number of fused-ring (bicyclic) bond motifs is 1. The number of hydrogen-bond acceptors (Lipinski definition) is 7. The lowest BCUT2D eigenvalue weighted by atomic mass is 9.70. The molecule has 3 saturated heterocycles. The minimum absolute atomic E-state index is 0.108. The summed E-state index contributed by atoms with van der Waals surface area (Å²) in [5, 5.41) is 9.63. The molecule has 1 aromatic rings. The van der Waals surface area contributed by atoms with Crippen molar-refractivity contribution in [1.82, 2.24) is 14.7 Å². The van der Waals surface area contributed by atoms with Crippen molar-refractivity contribution in [3.8, 4) is 0 Å². The summed E-state index contributed by atoms with van der Waals surface area (Å²) in [6, 6.07) is 7.57. The third-order valence-corrected chi connectivity index (χ3v) is 10.3. The molecule has 45 heavy (non-hydrogen) atoms. The third-order valence-electron chi connectivity index (χ3n) is 9.46. The van der Waals surface area contributed by atoms with E-state index in [9.17, 15) is 24.3 Å². The van der Waals surface area contributed by atoms with E-state index in [0.717, 1.165) is 0 Å². The summed E-state index contributed by atoms with van der Waals surface area (Å²) >= 11 is 3.70. The molecule has 1 unspecified atom stereocenters. The van der Waals surface area contributed by atoms with E-state index in [2.05, 4.69) is 29.1 Å². The van der Waals surface area contributed by atoms with Crippen molar-refractivity contribution in [3.05, 3.63) is 61.2 Å². The van der Waals surface area contributed by atoms with E-state index >= 15 is 0 Å². The maximum Gasteiger partial charge on any atom is 0.313 e. The SMILES string of the molecule is C=CCCC(=O)N(C)[C@H](C)[C@H](OC(=O)[C@@H]1[C@H]2O[C@@]3(CC2Br)[C@H](C(=O)N(CC=C)C(C)C)N(CCCO)C(=O)[C@@H]13)c1ccccc1. The number of benzene rings is 1. The van der Waals surface area contributed by atoms with Crippen molar-refractivity contribution < 1.29 is 33.8 Å². The van der Waals surface area contributed by atoms with Gasteiger partial charge in [-0.2, -0.15) is 0 Å². The predicted octanol–water partition coefficient (Wildman–Crippen LogP) is 3.64. The number of esters is 1. The van der Waals surface area contributed by atoms with E-state index in [-0.39, 0.29) is 61.1 Å². The first-order valence-electron chi connectivity index (χ1n) is 15.7. The van der Waals surface area contributed by atoms with Gasteiger partial charge in [-0.25, -0.2) is 0 Å². The van der Waals surface area contributed by atoms with Crippen LogP contribution in [-0.2, 0) is 28.7 Å². The molecule has 0 saturated carbocycles. The van der Waals surface area contributed by atoms with Gasteiger partial charge < -0.3 is 29.3 Å². The molecule has 2 bridgehead atoms. The fourth-order valence-corrected chi connectivity index (χ4v) is 8.08. The monoisotopic (exact) mass is 687 g/mol. The summed E-state index contributed by atoms with van der Waals surface area (Å²) in [5.41, 5.74) is -0.533. The Bertz CT molecular complexity index is 1280. The number of nitrogens with zero attached hydrogens (tertiary/aromatic N) is 3. The molecule has 246 valence electrons. The van der Waals surface area contributed by atoms with Gasteiger partial charge in [0.1, 0.15) is 17.7 Å².